The number of nitrogens with two attached hydrogens (primary N) is 1. The van der Waals surface area contributed by atoms with E-state index in [-0.39, 0.29) is 36.7 Å². The number of nitrogens with zero attached hydrogens (tertiary/aromatic N) is 2. The van der Waals surface area contributed by atoms with E-state index in [0.717, 1.165) is 42.9 Å². The lowest BCUT2D eigenvalue weighted by Crippen LogP contribution is -2.52. The largest absolute Gasteiger partial charge is 0.445 e. The molecule has 5 rings (SSSR count). The molecule has 3 aromatic rings. The van der Waals surface area contributed by atoms with Gasteiger partial charge in [-0.05, 0) is 80.0 Å². The molecule has 1 fully saturated rings. The van der Waals surface area contributed by atoms with Crippen LogP contribution in [0.4, 0.5) is 8.78 Å². The molecule has 3 atom stereocenters. The maximum atomic E-state index is 14.5. The molecule has 8 nitrogen and oxygen atoms in total. The summed E-state index contributed by atoms with van der Waals surface area (Å²) in [5.41, 5.74) is 6.74. The SMILES string of the molecule is C#Cc1cccc(C2(NC[C@H](O)[C@@H](Cc3cc(F)cc(F)c3)C3(C(N)=O)C=C(c4ncco4)C=C(C(=O)N(CCC)CCC)C3)CC2)c1. The molecule has 1 saturated carbocycles. The third-order valence-electron chi connectivity index (χ3n) is 9.40. The van der Waals surface area contributed by atoms with Gasteiger partial charge in [0.15, 0.2) is 0 Å². The lowest BCUT2D eigenvalue weighted by molar-refractivity contribution is -0.132. The van der Waals surface area contributed by atoms with Gasteiger partial charge in [0, 0.05) is 53.9 Å². The van der Waals surface area contributed by atoms with E-state index >= 15 is 0 Å². The molecule has 2 amide bonds. The fourth-order valence-electron chi connectivity index (χ4n) is 6.87. The Morgan fingerprint density at radius 1 is 1.15 bits per heavy atom. The molecule has 0 radical (unpaired) electrons. The standard InChI is InChI=1S/C38H42F2N4O4/c1-4-13-44(14-5-2)35(46)28-20-27(34-42-12-15-48-34)22-37(23-28,36(41)47)32(19-26-17-30(39)21-31(40)18-26)33(45)24-43-38(10-11-38)29-9-7-8-25(6-3)16-29/h3,7-9,12,15-18,20-22,32-33,43,45H,4-5,10-11,13-14,19,23-24H2,1-2H3,(H2,41,47)/t32-,33+,37?/m1/s1. The lowest BCUT2D eigenvalue weighted by atomic mass is 9.63. The first kappa shape index (κ1) is 34.7. The van der Waals surface area contributed by atoms with Gasteiger partial charge in [-0.1, -0.05) is 38.0 Å². The molecule has 0 bridgehead atoms. The van der Waals surface area contributed by atoms with Gasteiger partial charge in [0.2, 0.25) is 17.7 Å². The van der Waals surface area contributed by atoms with Crippen molar-refractivity contribution >= 4 is 17.4 Å². The van der Waals surface area contributed by atoms with Crippen molar-refractivity contribution in [3.63, 3.8) is 0 Å². The first-order valence-corrected chi connectivity index (χ1v) is 16.4. The summed E-state index contributed by atoms with van der Waals surface area (Å²) >= 11 is 0. The van der Waals surface area contributed by atoms with Crippen molar-refractivity contribution in [3.05, 3.63) is 107 Å². The number of aromatic nitrogens is 1. The quantitative estimate of drug-likeness (QED) is 0.192. The maximum absolute atomic E-state index is 14.5. The molecule has 10 heteroatoms. The number of nitrogens with one attached hydrogen (secondary N) is 1. The number of primary amides is 1. The van der Waals surface area contributed by atoms with Gasteiger partial charge in [-0.3, -0.25) is 9.59 Å². The van der Waals surface area contributed by atoms with Gasteiger partial charge in [-0.25, -0.2) is 13.8 Å². The van der Waals surface area contributed by atoms with Crippen LogP contribution in [0.2, 0.25) is 0 Å². The second-order valence-electron chi connectivity index (χ2n) is 12.8. The zero-order valence-electron chi connectivity index (χ0n) is 27.3. The minimum atomic E-state index is -1.67. The zero-order valence-corrected chi connectivity index (χ0v) is 27.3. The van der Waals surface area contributed by atoms with Crippen molar-refractivity contribution in [2.24, 2.45) is 17.1 Å². The average Bonchev–Trinajstić information content (AvgIpc) is 3.66. The summed E-state index contributed by atoms with van der Waals surface area (Å²) in [5, 5.41) is 15.5. The van der Waals surface area contributed by atoms with Crippen LogP contribution in [0.3, 0.4) is 0 Å². The van der Waals surface area contributed by atoms with Crippen LogP contribution >= 0.6 is 0 Å². The Morgan fingerprint density at radius 3 is 2.44 bits per heavy atom. The number of hydrogen-bond acceptors (Lipinski definition) is 6. The first-order valence-electron chi connectivity index (χ1n) is 16.4. The normalized spacial score (nSPS) is 19.4. The van der Waals surface area contributed by atoms with Crippen LogP contribution in [0.15, 0.2) is 77.1 Å². The number of oxazole rings is 1. The summed E-state index contributed by atoms with van der Waals surface area (Å²) in [6, 6.07) is 10.7. The Morgan fingerprint density at radius 2 is 1.85 bits per heavy atom. The molecule has 1 unspecified atom stereocenters. The van der Waals surface area contributed by atoms with Gasteiger partial charge in [0.25, 0.3) is 0 Å². The highest BCUT2D eigenvalue weighted by Crippen LogP contribution is 2.48. The molecule has 0 saturated heterocycles. The highest BCUT2D eigenvalue weighted by molar-refractivity contribution is 6.00. The Bertz CT molecular complexity index is 1710. The maximum Gasteiger partial charge on any atom is 0.249 e. The van der Waals surface area contributed by atoms with Crippen molar-refractivity contribution < 1.29 is 27.9 Å². The summed E-state index contributed by atoms with van der Waals surface area (Å²) in [7, 11) is 0. The molecule has 1 heterocycles. The van der Waals surface area contributed by atoms with E-state index in [1.54, 1.807) is 17.1 Å². The summed E-state index contributed by atoms with van der Waals surface area (Å²) in [4.78, 5) is 33.9. The van der Waals surface area contributed by atoms with E-state index in [1.807, 2.05) is 38.1 Å². The lowest BCUT2D eigenvalue weighted by Gasteiger charge is -2.42. The number of rotatable bonds is 15. The molecule has 2 aliphatic carbocycles. The highest BCUT2D eigenvalue weighted by Gasteiger charge is 2.51. The van der Waals surface area contributed by atoms with E-state index in [9.17, 15) is 23.5 Å². The van der Waals surface area contributed by atoms with Crippen LogP contribution in [-0.2, 0) is 21.5 Å². The minimum Gasteiger partial charge on any atom is -0.445 e. The number of benzene rings is 2. The molecule has 0 spiro atoms. The predicted octanol–water partition coefficient (Wildman–Crippen LogP) is 5.27. The molecule has 4 N–H and O–H groups in total. The smallest absolute Gasteiger partial charge is 0.249 e. The number of terminal acetylenes is 1. The fourth-order valence-corrected chi connectivity index (χ4v) is 6.87. The molecule has 1 aromatic heterocycles. The third-order valence-corrected chi connectivity index (χ3v) is 9.40. The topological polar surface area (TPSA) is 122 Å². The number of aliphatic hydroxyl groups excluding tert-OH is 1. The Labute approximate surface area is 280 Å². The van der Waals surface area contributed by atoms with Crippen LogP contribution in [0.1, 0.15) is 68.5 Å². The monoisotopic (exact) mass is 656 g/mol. The Balaban J connectivity index is 1.58. The number of allylic oxidation sites excluding steroid dienone is 2. The Kier molecular flexibility index (Phi) is 10.6. The van der Waals surface area contributed by atoms with E-state index < -0.39 is 40.5 Å². The second-order valence-corrected chi connectivity index (χ2v) is 12.8. The summed E-state index contributed by atoms with van der Waals surface area (Å²) < 4.78 is 34.5. The second kappa shape index (κ2) is 14.7. The van der Waals surface area contributed by atoms with Gasteiger partial charge in [0.05, 0.1) is 17.7 Å². The molecule has 2 aliphatic rings. The molecular formula is C38H42F2N4O4. The van der Waals surface area contributed by atoms with E-state index in [0.29, 0.717) is 24.2 Å². The van der Waals surface area contributed by atoms with E-state index in [4.69, 9.17) is 16.6 Å². The average molecular weight is 657 g/mol. The number of halogens is 2. The summed E-state index contributed by atoms with van der Waals surface area (Å²) in [6.45, 7) is 4.98. The van der Waals surface area contributed by atoms with Gasteiger partial charge in [-0.2, -0.15) is 0 Å². The predicted molar refractivity (Wildman–Crippen MR) is 179 cm³/mol. The highest BCUT2D eigenvalue weighted by atomic mass is 19.1. The van der Waals surface area contributed by atoms with Gasteiger partial charge in [0.1, 0.15) is 17.9 Å². The number of amides is 2. The van der Waals surface area contributed by atoms with Crippen LogP contribution in [0.5, 0.6) is 0 Å². The fraction of sp³-hybridized carbons (Fsp3) is 0.395. The van der Waals surface area contributed by atoms with Gasteiger partial charge >= 0.3 is 0 Å². The van der Waals surface area contributed by atoms with Gasteiger partial charge < -0.3 is 25.5 Å². The van der Waals surface area contributed by atoms with Crippen LogP contribution < -0.4 is 11.1 Å². The number of hydrogen-bond donors (Lipinski definition) is 3. The minimum absolute atomic E-state index is 0.0186. The molecular weight excluding hydrogens is 614 g/mol. The van der Waals surface area contributed by atoms with Gasteiger partial charge in [-0.15, -0.1) is 6.42 Å². The van der Waals surface area contributed by atoms with Crippen LogP contribution in [-0.4, -0.2) is 52.5 Å². The number of aliphatic hydroxyl groups is 1. The number of carbonyl (C=O) groups excluding carboxylic acids is 2. The molecule has 2 aromatic carbocycles. The summed E-state index contributed by atoms with van der Waals surface area (Å²) in [5.74, 6) is -0.858. The van der Waals surface area contributed by atoms with Crippen molar-refractivity contribution in [2.45, 2.75) is 64.0 Å². The van der Waals surface area contributed by atoms with E-state index in [1.165, 1.54) is 24.6 Å². The molecule has 48 heavy (non-hydrogen) atoms. The van der Waals surface area contributed by atoms with Crippen molar-refractivity contribution in [3.8, 4) is 12.3 Å². The third kappa shape index (κ3) is 7.43. The zero-order chi connectivity index (χ0) is 34.5. The molecule has 252 valence electrons. The van der Waals surface area contributed by atoms with Crippen molar-refractivity contribution in [1.29, 1.82) is 0 Å². The summed E-state index contributed by atoms with van der Waals surface area (Å²) in [6.07, 6.45) is 13.3. The Hall–Kier alpha value is -4.59. The van der Waals surface area contributed by atoms with E-state index in [2.05, 4.69) is 16.2 Å². The van der Waals surface area contributed by atoms with Crippen LogP contribution in [0.25, 0.3) is 5.57 Å². The van der Waals surface area contributed by atoms with Crippen LogP contribution in [0, 0.1) is 35.3 Å². The van der Waals surface area contributed by atoms with Crippen molar-refractivity contribution in [2.75, 3.05) is 19.6 Å². The number of carbonyl (C=O) groups is 2. The first-order chi connectivity index (χ1) is 23.0. The van der Waals surface area contributed by atoms with Crippen molar-refractivity contribution in [1.82, 2.24) is 15.2 Å². The molecule has 0 aliphatic heterocycles.